The molecular weight excluding hydrogens is 416 g/mol. The topological polar surface area (TPSA) is 84.5 Å². The van der Waals surface area contributed by atoms with Crippen LogP contribution in [0.5, 0.6) is 0 Å². The lowest BCUT2D eigenvalue weighted by atomic mass is 10.0. The number of rotatable bonds is 10. The highest BCUT2D eigenvalue weighted by atomic mass is 16.5. The van der Waals surface area contributed by atoms with Crippen molar-refractivity contribution >= 4 is 17.8 Å². The average molecular weight is 445 g/mol. The molecule has 3 aromatic carbocycles. The predicted molar refractivity (Wildman–Crippen MR) is 127 cm³/mol. The summed E-state index contributed by atoms with van der Waals surface area (Å²) in [6.45, 7) is 1.43. The van der Waals surface area contributed by atoms with Gasteiger partial charge in [0, 0.05) is 18.9 Å². The van der Waals surface area contributed by atoms with Crippen LogP contribution in [0.15, 0.2) is 91.0 Å². The molecule has 0 aliphatic heterocycles. The summed E-state index contributed by atoms with van der Waals surface area (Å²) < 4.78 is 5.58. The molecule has 0 radical (unpaired) electrons. The van der Waals surface area contributed by atoms with Gasteiger partial charge in [0.2, 0.25) is 5.91 Å². The Labute approximate surface area is 194 Å². The molecule has 0 saturated carbocycles. The summed E-state index contributed by atoms with van der Waals surface area (Å²) in [6.07, 6.45) is 0.815. The Morgan fingerprint density at radius 2 is 1.24 bits per heavy atom. The first-order valence-electron chi connectivity index (χ1n) is 10.9. The zero-order valence-corrected chi connectivity index (χ0v) is 18.6. The number of hydrogen-bond donors (Lipinski definition) is 2. The molecule has 0 aliphatic carbocycles. The van der Waals surface area contributed by atoms with Gasteiger partial charge in [0.25, 0.3) is 5.91 Å². The van der Waals surface area contributed by atoms with Crippen LogP contribution in [0.1, 0.15) is 28.4 Å². The molecule has 2 amide bonds. The van der Waals surface area contributed by atoms with Crippen molar-refractivity contribution in [1.29, 1.82) is 0 Å². The van der Waals surface area contributed by atoms with Gasteiger partial charge in [0.1, 0.15) is 12.6 Å². The van der Waals surface area contributed by atoms with Crippen LogP contribution >= 0.6 is 0 Å². The zero-order valence-electron chi connectivity index (χ0n) is 18.6. The highest BCUT2D eigenvalue weighted by Gasteiger charge is 2.25. The first kappa shape index (κ1) is 23.7. The predicted octanol–water partition coefficient (Wildman–Crippen LogP) is 3.32. The summed E-state index contributed by atoms with van der Waals surface area (Å²) in [6, 6.07) is 26.6. The number of esters is 1. The SMILES string of the molecule is CC(=O)N[C@@H](COC(=O)[C@@H](Cc1ccccc1)NC(=O)c1ccccc1)Cc1ccccc1. The number of carbonyl (C=O) groups is 3. The third-order valence-electron chi connectivity index (χ3n) is 5.07. The molecular formula is C27H28N2O4. The van der Waals surface area contributed by atoms with Gasteiger partial charge in [-0.2, -0.15) is 0 Å². The molecule has 0 heterocycles. The van der Waals surface area contributed by atoms with E-state index >= 15 is 0 Å². The first-order chi connectivity index (χ1) is 16.0. The number of ether oxygens (including phenoxy) is 1. The van der Waals surface area contributed by atoms with Gasteiger partial charge in [-0.3, -0.25) is 9.59 Å². The monoisotopic (exact) mass is 444 g/mol. The largest absolute Gasteiger partial charge is 0.462 e. The van der Waals surface area contributed by atoms with Gasteiger partial charge in [-0.25, -0.2) is 4.79 Å². The van der Waals surface area contributed by atoms with E-state index in [1.165, 1.54) is 6.92 Å². The van der Waals surface area contributed by atoms with E-state index in [1.807, 2.05) is 66.7 Å². The van der Waals surface area contributed by atoms with Crippen LogP contribution in [-0.4, -0.2) is 36.5 Å². The van der Waals surface area contributed by atoms with Crippen LogP contribution in [-0.2, 0) is 27.2 Å². The smallest absolute Gasteiger partial charge is 0.329 e. The van der Waals surface area contributed by atoms with Gasteiger partial charge >= 0.3 is 5.97 Å². The van der Waals surface area contributed by atoms with Crippen molar-refractivity contribution in [2.24, 2.45) is 0 Å². The van der Waals surface area contributed by atoms with Crippen LogP contribution < -0.4 is 10.6 Å². The van der Waals surface area contributed by atoms with Crippen LogP contribution in [0.4, 0.5) is 0 Å². The fourth-order valence-corrected chi connectivity index (χ4v) is 3.50. The third-order valence-corrected chi connectivity index (χ3v) is 5.07. The second-order valence-electron chi connectivity index (χ2n) is 7.80. The van der Waals surface area contributed by atoms with Crippen LogP contribution in [0.2, 0.25) is 0 Å². The molecule has 170 valence electrons. The van der Waals surface area contributed by atoms with Gasteiger partial charge in [0.15, 0.2) is 0 Å². The van der Waals surface area contributed by atoms with Gasteiger partial charge < -0.3 is 15.4 Å². The number of nitrogens with one attached hydrogen (secondary N) is 2. The van der Waals surface area contributed by atoms with Crippen molar-refractivity contribution in [3.8, 4) is 0 Å². The minimum atomic E-state index is -0.866. The van der Waals surface area contributed by atoms with Crippen LogP contribution in [0.3, 0.4) is 0 Å². The molecule has 0 fully saturated rings. The highest BCUT2D eigenvalue weighted by Crippen LogP contribution is 2.09. The molecule has 0 unspecified atom stereocenters. The van der Waals surface area contributed by atoms with E-state index in [4.69, 9.17) is 4.74 Å². The lowest BCUT2D eigenvalue weighted by Gasteiger charge is -2.22. The van der Waals surface area contributed by atoms with E-state index in [0.29, 0.717) is 18.4 Å². The Morgan fingerprint density at radius 1 is 0.727 bits per heavy atom. The molecule has 0 bridgehead atoms. The Hall–Kier alpha value is -3.93. The van der Waals surface area contributed by atoms with Crippen molar-refractivity contribution in [3.63, 3.8) is 0 Å². The van der Waals surface area contributed by atoms with E-state index in [9.17, 15) is 14.4 Å². The molecule has 0 aliphatic rings. The molecule has 33 heavy (non-hydrogen) atoms. The standard InChI is InChI=1S/C27H28N2O4/c1-20(30)28-24(17-21-11-5-2-6-12-21)19-33-27(32)25(18-22-13-7-3-8-14-22)29-26(31)23-15-9-4-10-16-23/h2-16,24-25H,17-19H2,1H3,(H,28,30)(H,29,31)/t24-,25-/m1/s1. The maximum Gasteiger partial charge on any atom is 0.329 e. The lowest BCUT2D eigenvalue weighted by molar-refractivity contribution is -0.147. The Morgan fingerprint density at radius 3 is 1.79 bits per heavy atom. The second kappa shape index (κ2) is 12.2. The summed E-state index contributed by atoms with van der Waals surface area (Å²) in [7, 11) is 0. The van der Waals surface area contributed by atoms with Crippen molar-refractivity contribution in [2.45, 2.75) is 31.8 Å². The van der Waals surface area contributed by atoms with Crippen molar-refractivity contribution in [1.82, 2.24) is 10.6 Å². The number of amides is 2. The minimum Gasteiger partial charge on any atom is -0.462 e. The maximum atomic E-state index is 13.0. The van der Waals surface area contributed by atoms with E-state index in [-0.39, 0.29) is 24.5 Å². The number of carbonyl (C=O) groups excluding carboxylic acids is 3. The summed E-state index contributed by atoms with van der Waals surface area (Å²) in [5.74, 6) is -1.10. The Bertz CT molecular complexity index is 1040. The summed E-state index contributed by atoms with van der Waals surface area (Å²) >= 11 is 0. The van der Waals surface area contributed by atoms with Crippen molar-refractivity contribution < 1.29 is 19.1 Å². The first-order valence-corrected chi connectivity index (χ1v) is 10.9. The molecule has 3 rings (SSSR count). The van der Waals surface area contributed by atoms with Gasteiger partial charge in [0.05, 0.1) is 6.04 Å². The normalized spacial score (nSPS) is 12.3. The zero-order chi connectivity index (χ0) is 23.5. The number of hydrogen-bond acceptors (Lipinski definition) is 4. The molecule has 0 spiro atoms. The van der Waals surface area contributed by atoms with E-state index in [1.54, 1.807) is 24.3 Å². The van der Waals surface area contributed by atoms with E-state index in [2.05, 4.69) is 10.6 Å². The molecule has 6 heteroatoms. The molecule has 2 N–H and O–H groups in total. The van der Waals surface area contributed by atoms with Crippen molar-refractivity contribution in [3.05, 3.63) is 108 Å². The highest BCUT2D eigenvalue weighted by molar-refractivity contribution is 5.96. The molecule has 0 aromatic heterocycles. The fourth-order valence-electron chi connectivity index (χ4n) is 3.50. The quantitative estimate of drug-likeness (QED) is 0.470. The molecule has 0 saturated heterocycles. The van der Waals surface area contributed by atoms with Gasteiger partial charge in [-0.05, 0) is 29.7 Å². The molecule has 6 nitrogen and oxygen atoms in total. The third kappa shape index (κ3) is 7.92. The summed E-state index contributed by atoms with van der Waals surface area (Å²) in [5.41, 5.74) is 2.38. The van der Waals surface area contributed by atoms with Crippen LogP contribution in [0, 0.1) is 0 Å². The van der Waals surface area contributed by atoms with Crippen LogP contribution in [0.25, 0.3) is 0 Å². The molecule has 3 aromatic rings. The molecule has 2 atom stereocenters. The summed E-state index contributed by atoms with van der Waals surface area (Å²) in [5, 5.41) is 5.63. The van der Waals surface area contributed by atoms with E-state index in [0.717, 1.165) is 11.1 Å². The second-order valence-corrected chi connectivity index (χ2v) is 7.80. The van der Waals surface area contributed by atoms with Gasteiger partial charge in [-0.1, -0.05) is 78.9 Å². The average Bonchev–Trinajstić information content (AvgIpc) is 2.83. The summed E-state index contributed by atoms with van der Waals surface area (Å²) in [4.78, 5) is 37.4. The lowest BCUT2D eigenvalue weighted by Crippen LogP contribution is -2.45. The Kier molecular flexibility index (Phi) is 8.77. The van der Waals surface area contributed by atoms with Gasteiger partial charge in [-0.15, -0.1) is 0 Å². The maximum absolute atomic E-state index is 13.0. The fraction of sp³-hybridized carbons (Fsp3) is 0.222. The Balaban J connectivity index is 1.69. The number of benzene rings is 3. The van der Waals surface area contributed by atoms with Crippen molar-refractivity contribution in [2.75, 3.05) is 6.61 Å². The minimum absolute atomic E-state index is 0.000194. The van der Waals surface area contributed by atoms with E-state index < -0.39 is 12.0 Å².